The molecule has 7 heteroatoms. The summed E-state index contributed by atoms with van der Waals surface area (Å²) in [7, 11) is -2.78. The Bertz CT molecular complexity index is 911. The van der Waals surface area contributed by atoms with Gasteiger partial charge in [0, 0.05) is 0 Å². The van der Waals surface area contributed by atoms with Gasteiger partial charge in [0.1, 0.15) is 13.7 Å². The van der Waals surface area contributed by atoms with Crippen LogP contribution in [0.2, 0.25) is 13.1 Å². The van der Waals surface area contributed by atoms with Crippen LogP contribution in [0, 0.1) is 0 Å². The summed E-state index contributed by atoms with van der Waals surface area (Å²) < 4.78 is 10.7. The van der Waals surface area contributed by atoms with E-state index in [4.69, 9.17) is 9.47 Å². The lowest BCUT2D eigenvalue weighted by Crippen LogP contribution is -2.72. The fourth-order valence-electron chi connectivity index (χ4n) is 3.96. The number of hydrogen-bond acceptors (Lipinski definition) is 5. The number of rotatable bonds is 9. The Balaban J connectivity index is 2.56. The molecule has 0 bridgehead atoms. The molecular weight excluding hydrogens is 434 g/mol. The Morgan fingerprint density at radius 2 is 1.55 bits per heavy atom. The molecule has 6 nitrogen and oxygen atoms in total. The maximum absolute atomic E-state index is 12.8. The molecule has 0 aromatic heterocycles. The van der Waals surface area contributed by atoms with Crippen LogP contribution in [-0.2, 0) is 20.7 Å². The van der Waals surface area contributed by atoms with Gasteiger partial charge in [-0.3, -0.25) is 4.79 Å². The highest BCUT2D eigenvalue weighted by Crippen LogP contribution is 2.31. The molecular formula is C26H37NO5Si. The molecule has 0 heterocycles. The summed E-state index contributed by atoms with van der Waals surface area (Å²) >= 11 is 0. The highest BCUT2D eigenvalue weighted by Gasteiger charge is 2.54. The first kappa shape index (κ1) is 26.6. The van der Waals surface area contributed by atoms with Gasteiger partial charge in [0.15, 0.2) is 0 Å². The van der Waals surface area contributed by atoms with E-state index >= 15 is 0 Å². The van der Waals surface area contributed by atoms with Crippen molar-refractivity contribution in [2.75, 3.05) is 6.61 Å². The Kier molecular flexibility index (Phi) is 8.86. The average molecular weight is 472 g/mol. The molecule has 0 fully saturated rings. The Morgan fingerprint density at radius 1 is 1.00 bits per heavy atom. The van der Waals surface area contributed by atoms with E-state index in [9.17, 15) is 14.7 Å². The number of aliphatic hydroxyl groups is 1. The van der Waals surface area contributed by atoms with Crippen LogP contribution >= 0.6 is 0 Å². The molecule has 2 aromatic carbocycles. The molecule has 2 aromatic rings. The summed E-state index contributed by atoms with van der Waals surface area (Å²) in [6.07, 6.45) is -0.537. The first-order valence-corrected chi connectivity index (χ1v) is 14.4. The van der Waals surface area contributed by atoms with Gasteiger partial charge in [0.2, 0.25) is 0 Å². The van der Waals surface area contributed by atoms with E-state index in [1.807, 2.05) is 73.8 Å². The SMILES string of the molecule is CCOC(=O)C[C@](O)([C@H](Cc1ccccc1)NC(=O)OC(C)(C)C)[Si](C)(C)c1ccccc1. The Morgan fingerprint density at radius 3 is 2.06 bits per heavy atom. The van der Waals surface area contributed by atoms with Crippen molar-refractivity contribution in [1.29, 1.82) is 0 Å². The standard InChI is InChI=1S/C26H37NO5Si/c1-7-31-23(28)19-26(30,33(5,6)21-16-12-9-13-17-21)22(18-20-14-10-8-11-15-20)27-24(29)32-25(2,3)4/h8-17,22,30H,7,18-19H2,1-6H3,(H,27,29)/t22-,26+/m0/s1. The maximum Gasteiger partial charge on any atom is 0.407 e. The van der Waals surface area contributed by atoms with E-state index in [0.29, 0.717) is 6.42 Å². The van der Waals surface area contributed by atoms with Gasteiger partial charge in [0.25, 0.3) is 0 Å². The lowest BCUT2D eigenvalue weighted by Gasteiger charge is -2.46. The molecule has 0 aliphatic rings. The number of carbonyl (C=O) groups excluding carboxylic acids is 2. The summed E-state index contributed by atoms with van der Waals surface area (Å²) in [4.78, 5) is 25.5. The zero-order valence-corrected chi connectivity index (χ0v) is 21.6. The van der Waals surface area contributed by atoms with E-state index in [0.717, 1.165) is 10.8 Å². The highest BCUT2D eigenvalue weighted by atomic mass is 28.3. The van der Waals surface area contributed by atoms with Gasteiger partial charge in [-0.1, -0.05) is 78.9 Å². The summed E-state index contributed by atoms with van der Waals surface area (Å²) in [6.45, 7) is 11.3. The number of ether oxygens (including phenoxy) is 2. The fraction of sp³-hybridized carbons (Fsp3) is 0.462. The number of benzene rings is 2. The van der Waals surface area contributed by atoms with Crippen molar-refractivity contribution >= 4 is 25.3 Å². The zero-order valence-electron chi connectivity index (χ0n) is 20.6. The monoisotopic (exact) mass is 471 g/mol. The third-order valence-electron chi connectivity index (χ3n) is 5.85. The van der Waals surface area contributed by atoms with Crippen LogP contribution in [0.1, 0.15) is 39.7 Å². The molecule has 180 valence electrons. The molecule has 2 atom stereocenters. The van der Waals surface area contributed by atoms with Crippen molar-refractivity contribution in [1.82, 2.24) is 5.32 Å². The predicted molar refractivity (Wildman–Crippen MR) is 133 cm³/mol. The second-order valence-electron chi connectivity index (χ2n) is 9.79. The second-order valence-corrected chi connectivity index (χ2v) is 14.5. The van der Waals surface area contributed by atoms with E-state index in [1.54, 1.807) is 27.7 Å². The second kappa shape index (κ2) is 11.0. The molecule has 0 radical (unpaired) electrons. The number of alkyl carbamates (subject to hydrolysis) is 1. The van der Waals surface area contributed by atoms with E-state index < -0.39 is 37.0 Å². The summed E-state index contributed by atoms with van der Waals surface area (Å²) in [5.41, 5.74) is 0.228. The zero-order chi connectivity index (χ0) is 24.7. The molecule has 2 N–H and O–H groups in total. The van der Waals surface area contributed by atoms with Gasteiger partial charge < -0.3 is 19.9 Å². The van der Waals surface area contributed by atoms with Crippen LogP contribution in [0.3, 0.4) is 0 Å². The number of nitrogens with one attached hydrogen (secondary N) is 1. The molecule has 0 unspecified atom stereocenters. The molecule has 2 rings (SSSR count). The Labute approximate surface area is 198 Å². The van der Waals surface area contributed by atoms with Gasteiger partial charge in [-0.25, -0.2) is 4.79 Å². The number of carbonyl (C=O) groups is 2. The van der Waals surface area contributed by atoms with Crippen molar-refractivity contribution in [2.45, 2.75) is 70.5 Å². The summed E-state index contributed by atoms with van der Waals surface area (Å²) in [5, 5.41) is 14.7. The molecule has 0 saturated carbocycles. The molecule has 0 aliphatic heterocycles. The predicted octanol–water partition coefficient (Wildman–Crippen LogP) is 3.96. The lowest BCUT2D eigenvalue weighted by atomic mass is 9.98. The minimum atomic E-state index is -2.78. The van der Waals surface area contributed by atoms with Crippen LogP contribution in [-0.4, -0.2) is 48.7 Å². The average Bonchev–Trinajstić information content (AvgIpc) is 2.73. The van der Waals surface area contributed by atoms with Crippen molar-refractivity contribution in [2.24, 2.45) is 0 Å². The first-order valence-electron chi connectivity index (χ1n) is 11.4. The Hall–Kier alpha value is -2.64. The molecule has 33 heavy (non-hydrogen) atoms. The molecule has 0 aliphatic carbocycles. The van der Waals surface area contributed by atoms with E-state index in [2.05, 4.69) is 5.32 Å². The van der Waals surface area contributed by atoms with Gasteiger partial charge in [-0.15, -0.1) is 0 Å². The number of esters is 1. The minimum absolute atomic E-state index is 0.213. The van der Waals surface area contributed by atoms with Crippen molar-refractivity contribution in [3.8, 4) is 0 Å². The van der Waals surface area contributed by atoms with Gasteiger partial charge in [-0.05, 0) is 39.7 Å². The topological polar surface area (TPSA) is 84.9 Å². The quantitative estimate of drug-likeness (QED) is 0.427. The van der Waals surface area contributed by atoms with Gasteiger partial charge >= 0.3 is 12.1 Å². The fourth-order valence-corrected chi connectivity index (χ4v) is 7.11. The normalized spacial score (nSPS) is 14.6. The van der Waals surface area contributed by atoms with E-state index in [1.165, 1.54) is 0 Å². The summed E-state index contributed by atoms with van der Waals surface area (Å²) in [5.74, 6) is -0.499. The van der Waals surface area contributed by atoms with Gasteiger partial charge in [-0.2, -0.15) is 0 Å². The maximum atomic E-state index is 12.8. The highest BCUT2D eigenvalue weighted by molar-refractivity contribution is 6.92. The number of amides is 1. The lowest BCUT2D eigenvalue weighted by molar-refractivity contribution is -0.147. The van der Waals surface area contributed by atoms with Crippen molar-refractivity contribution in [3.05, 3.63) is 66.2 Å². The van der Waals surface area contributed by atoms with Crippen LogP contribution < -0.4 is 10.5 Å². The third-order valence-corrected chi connectivity index (χ3v) is 10.3. The first-order chi connectivity index (χ1) is 15.4. The van der Waals surface area contributed by atoms with Crippen molar-refractivity contribution < 1.29 is 24.2 Å². The molecule has 0 spiro atoms. The van der Waals surface area contributed by atoms with Crippen molar-refractivity contribution in [3.63, 3.8) is 0 Å². The third kappa shape index (κ3) is 7.17. The van der Waals surface area contributed by atoms with Crippen LogP contribution in [0.15, 0.2) is 60.7 Å². The number of hydrogen-bond donors (Lipinski definition) is 2. The van der Waals surface area contributed by atoms with Crippen LogP contribution in [0.4, 0.5) is 4.79 Å². The van der Waals surface area contributed by atoms with Gasteiger partial charge in [0.05, 0.1) is 24.3 Å². The molecule has 0 saturated heterocycles. The smallest absolute Gasteiger partial charge is 0.407 e. The largest absolute Gasteiger partial charge is 0.466 e. The summed E-state index contributed by atoms with van der Waals surface area (Å²) in [6, 6.07) is 18.5. The van der Waals surface area contributed by atoms with E-state index in [-0.39, 0.29) is 13.0 Å². The molecule has 1 amide bonds. The van der Waals surface area contributed by atoms with Crippen LogP contribution in [0.5, 0.6) is 0 Å². The van der Waals surface area contributed by atoms with Crippen LogP contribution in [0.25, 0.3) is 0 Å². The minimum Gasteiger partial charge on any atom is -0.466 e.